The molecule has 136 valence electrons. The molecule has 0 saturated heterocycles. The Morgan fingerprint density at radius 2 is 1.62 bits per heavy atom. The molecule has 0 saturated carbocycles. The zero-order chi connectivity index (χ0) is 19.5. The minimum absolute atomic E-state index is 0.951. The molecule has 0 aliphatic rings. The highest BCUT2D eigenvalue weighted by molar-refractivity contribution is 5.80. The summed E-state index contributed by atoms with van der Waals surface area (Å²) in [4.78, 5) is 7.60. The molecule has 0 atom stereocenters. The molecular formula is C21H37N3. The van der Waals surface area contributed by atoms with E-state index in [0.29, 0.717) is 0 Å². The molecule has 1 aromatic carbocycles. The second kappa shape index (κ2) is 18.9. The Hall–Kier alpha value is -2.13. The maximum atomic E-state index is 4.50. The van der Waals surface area contributed by atoms with Crippen LogP contribution in [0.15, 0.2) is 49.6 Å². The number of benzene rings is 1. The third-order valence-corrected chi connectivity index (χ3v) is 2.42. The first-order valence-corrected chi connectivity index (χ1v) is 8.53. The van der Waals surface area contributed by atoms with Crippen molar-refractivity contribution in [2.24, 2.45) is 5.73 Å². The molecule has 0 bridgehead atoms. The quantitative estimate of drug-likeness (QED) is 0.502. The monoisotopic (exact) mass is 331 g/mol. The van der Waals surface area contributed by atoms with Gasteiger partial charge in [-0.2, -0.15) is 0 Å². The minimum Gasteiger partial charge on any atom is -0.342 e. The van der Waals surface area contributed by atoms with E-state index in [-0.39, 0.29) is 0 Å². The Morgan fingerprint density at radius 1 is 1.12 bits per heavy atom. The fourth-order valence-electron chi connectivity index (χ4n) is 1.66. The van der Waals surface area contributed by atoms with Crippen molar-refractivity contribution in [2.75, 3.05) is 7.05 Å². The second-order valence-corrected chi connectivity index (χ2v) is 4.05. The summed E-state index contributed by atoms with van der Waals surface area (Å²) in [6.07, 6.45) is 5.56. The Kier molecular flexibility index (Phi) is 21.1. The number of aromatic nitrogens is 2. The predicted octanol–water partition coefficient (Wildman–Crippen LogP) is 6.28. The van der Waals surface area contributed by atoms with Gasteiger partial charge in [-0.05, 0) is 51.1 Å². The molecule has 24 heavy (non-hydrogen) atoms. The smallest absolute Gasteiger partial charge is 0.104 e. The highest BCUT2D eigenvalue weighted by atomic mass is 14.9. The number of aryl methyl sites for hydroxylation is 1. The van der Waals surface area contributed by atoms with Gasteiger partial charge in [0.05, 0.1) is 11.0 Å². The molecule has 1 aromatic heterocycles. The molecule has 1 heterocycles. The van der Waals surface area contributed by atoms with Gasteiger partial charge in [0.25, 0.3) is 0 Å². The van der Waals surface area contributed by atoms with E-state index in [1.165, 1.54) is 18.2 Å². The highest BCUT2D eigenvalue weighted by Gasteiger charge is 2.01. The van der Waals surface area contributed by atoms with Crippen molar-refractivity contribution < 1.29 is 0 Å². The van der Waals surface area contributed by atoms with E-state index in [2.05, 4.69) is 47.9 Å². The van der Waals surface area contributed by atoms with Gasteiger partial charge >= 0.3 is 0 Å². The summed E-state index contributed by atoms with van der Waals surface area (Å²) in [6.45, 7) is 21.0. The Balaban J connectivity index is -0.000000422. The number of nitrogens with one attached hydrogen (secondary N) is 1. The number of rotatable bonds is 2. The van der Waals surface area contributed by atoms with Crippen LogP contribution in [0.4, 0.5) is 0 Å². The SMILES string of the molecule is C=C/C=C(\C)c1ccc2nc(C)[nH]c2c1.C=CC.CC.CC.CN. The Bertz CT molecular complexity index is 578. The molecule has 3 heteroatoms. The van der Waals surface area contributed by atoms with Gasteiger partial charge in [0.1, 0.15) is 5.82 Å². The lowest BCUT2D eigenvalue weighted by Crippen LogP contribution is -1.79. The van der Waals surface area contributed by atoms with E-state index in [1.807, 2.05) is 53.7 Å². The van der Waals surface area contributed by atoms with Crippen molar-refractivity contribution in [2.45, 2.75) is 48.5 Å². The average molecular weight is 332 g/mol. The molecule has 0 aliphatic carbocycles. The van der Waals surface area contributed by atoms with Gasteiger partial charge in [-0.15, -0.1) is 6.58 Å². The van der Waals surface area contributed by atoms with E-state index in [0.717, 1.165) is 16.9 Å². The van der Waals surface area contributed by atoms with Crippen LogP contribution in [0.1, 0.15) is 52.9 Å². The van der Waals surface area contributed by atoms with Crippen molar-refractivity contribution in [3.05, 3.63) is 61.0 Å². The first-order valence-electron chi connectivity index (χ1n) is 8.53. The van der Waals surface area contributed by atoms with Crippen LogP contribution in [0.5, 0.6) is 0 Å². The topological polar surface area (TPSA) is 54.7 Å². The van der Waals surface area contributed by atoms with Gasteiger partial charge in [0.15, 0.2) is 0 Å². The molecule has 0 spiro atoms. The lowest BCUT2D eigenvalue weighted by Gasteiger charge is -1.99. The summed E-state index contributed by atoms with van der Waals surface area (Å²) in [5.74, 6) is 0.951. The van der Waals surface area contributed by atoms with Crippen LogP contribution < -0.4 is 5.73 Å². The summed E-state index contributed by atoms with van der Waals surface area (Å²) in [5, 5.41) is 0. The van der Waals surface area contributed by atoms with E-state index in [9.17, 15) is 0 Å². The number of imidazole rings is 1. The summed E-state index contributed by atoms with van der Waals surface area (Å²) in [5.41, 5.74) is 9.01. The van der Waals surface area contributed by atoms with Crippen molar-refractivity contribution >= 4 is 16.6 Å². The third-order valence-electron chi connectivity index (χ3n) is 2.42. The first kappa shape index (κ1) is 26.8. The van der Waals surface area contributed by atoms with Crippen molar-refractivity contribution in [3.63, 3.8) is 0 Å². The lowest BCUT2D eigenvalue weighted by molar-refractivity contribution is 1.17. The molecule has 0 aliphatic heterocycles. The maximum Gasteiger partial charge on any atom is 0.104 e. The zero-order valence-corrected chi connectivity index (χ0v) is 16.9. The number of fused-ring (bicyclic) bond motifs is 1. The van der Waals surface area contributed by atoms with Crippen LogP contribution in [0, 0.1) is 6.92 Å². The van der Waals surface area contributed by atoms with E-state index < -0.39 is 0 Å². The van der Waals surface area contributed by atoms with Crippen LogP contribution in [0.25, 0.3) is 16.6 Å². The van der Waals surface area contributed by atoms with Gasteiger partial charge in [-0.3, -0.25) is 0 Å². The van der Waals surface area contributed by atoms with E-state index >= 15 is 0 Å². The third kappa shape index (κ3) is 10.6. The van der Waals surface area contributed by atoms with Crippen molar-refractivity contribution in [1.82, 2.24) is 9.97 Å². The molecule has 0 radical (unpaired) electrons. The normalized spacial score (nSPS) is 8.79. The average Bonchev–Trinajstić information content (AvgIpc) is 3.00. The van der Waals surface area contributed by atoms with Gasteiger partial charge in [-0.25, -0.2) is 4.98 Å². The van der Waals surface area contributed by atoms with E-state index in [1.54, 1.807) is 12.2 Å². The maximum absolute atomic E-state index is 4.50. The first-order chi connectivity index (χ1) is 11.6. The zero-order valence-electron chi connectivity index (χ0n) is 16.9. The van der Waals surface area contributed by atoms with Crippen LogP contribution in [0.2, 0.25) is 0 Å². The lowest BCUT2D eigenvalue weighted by atomic mass is 10.1. The van der Waals surface area contributed by atoms with Gasteiger partial charge < -0.3 is 10.7 Å². The molecule has 3 nitrogen and oxygen atoms in total. The van der Waals surface area contributed by atoms with Gasteiger partial charge in [0, 0.05) is 0 Å². The number of allylic oxidation sites excluding steroid dienone is 4. The molecule has 2 rings (SSSR count). The molecule has 0 unspecified atom stereocenters. The van der Waals surface area contributed by atoms with Crippen LogP contribution in [-0.2, 0) is 0 Å². The number of H-pyrrole nitrogens is 1. The van der Waals surface area contributed by atoms with Crippen LogP contribution in [0.3, 0.4) is 0 Å². The van der Waals surface area contributed by atoms with Crippen molar-refractivity contribution in [3.8, 4) is 0 Å². The molecular weight excluding hydrogens is 294 g/mol. The molecule has 2 aromatic rings. The van der Waals surface area contributed by atoms with Crippen LogP contribution >= 0.6 is 0 Å². The number of hydrogen-bond acceptors (Lipinski definition) is 2. The minimum atomic E-state index is 0.951. The summed E-state index contributed by atoms with van der Waals surface area (Å²) >= 11 is 0. The number of nitrogens with zero attached hydrogens (tertiary/aromatic N) is 1. The number of aromatic amines is 1. The second-order valence-electron chi connectivity index (χ2n) is 4.05. The highest BCUT2D eigenvalue weighted by Crippen LogP contribution is 2.19. The van der Waals surface area contributed by atoms with E-state index in [4.69, 9.17) is 0 Å². The standard InChI is InChI=1S/C13H14N2.C3H6.2C2H6.CH5N/c1-4-5-9(2)11-6-7-12-13(8-11)15-10(3)14-12;1-3-2;3*1-2/h4-8H,1H2,2-3H3,(H,14,15);3H,1H2,2H3;2*1-2H3;2H2,1H3/b9-5+;;;;. The summed E-state index contributed by atoms with van der Waals surface area (Å²) in [6, 6.07) is 6.23. The molecule has 0 fully saturated rings. The van der Waals surface area contributed by atoms with Gasteiger partial charge in [-0.1, -0.05) is 58.6 Å². The Morgan fingerprint density at radius 3 is 2.08 bits per heavy atom. The number of hydrogen-bond donors (Lipinski definition) is 2. The number of nitrogens with two attached hydrogens (primary N) is 1. The molecule has 0 amide bonds. The Labute approximate surface area is 149 Å². The van der Waals surface area contributed by atoms with Crippen molar-refractivity contribution in [1.29, 1.82) is 0 Å². The molecule has 3 N–H and O–H groups in total. The fraction of sp³-hybridized carbons (Fsp3) is 0.381. The predicted molar refractivity (Wildman–Crippen MR) is 113 cm³/mol. The summed E-state index contributed by atoms with van der Waals surface area (Å²) < 4.78 is 0. The summed E-state index contributed by atoms with van der Waals surface area (Å²) in [7, 11) is 1.50. The fourth-order valence-corrected chi connectivity index (χ4v) is 1.66. The van der Waals surface area contributed by atoms with Gasteiger partial charge in [0.2, 0.25) is 0 Å². The largest absolute Gasteiger partial charge is 0.342 e. The van der Waals surface area contributed by atoms with Crippen LogP contribution in [-0.4, -0.2) is 17.0 Å².